The van der Waals surface area contributed by atoms with Gasteiger partial charge in [-0.15, -0.1) is 0 Å². The van der Waals surface area contributed by atoms with Gasteiger partial charge in [-0.1, -0.05) is 20.8 Å². The molecule has 1 saturated heterocycles. The molecule has 1 aliphatic rings. The van der Waals surface area contributed by atoms with Crippen LogP contribution in [0, 0.1) is 5.41 Å². The Bertz CT molecular complexity index is 207. The largest absolute Gasteiger partial charge is 0.355 e. The van der Waals surface area contributed by atoms with Crippen molar-refractivity contribution >= 4 is 17.7 Å². The van der Waals surface area contributed by atoms with Crippen molar-refractivity contribution in [2.45, 2.75) is 33.2 Å². The lowest BCUT2D eigenvalue weighted by molar-refractivity contribution is -0.122. The van der Waals surface area contributed by atoms with Gasteiger partial charge in [-0.25, -0.2) is 0 Å². The molecule has 0 aromatic carbocycles. The second-order valence-electron chi connectivity index (χ2n) is 5.18. The van der Waals surface area contributed by atoms with Crippen molar-refractivity contribution in [3.05, 3.63) is 0 Å². The number of thioether (sulfide) groups is 1. The highest BCUT2D eigenvalue weighted by atomic mass is 32.2. The number of carbonyl (C=O) groups is 1. The van der Waals surface area contributed by atoms with E-state index in [2.05, 4.69) is 31.4 Å². The van der Waals surface area contributed by atoms with Crippen molar-refractivity contribution < 1.29 is 4.79 Å². The van der Waals surface area contributed by atoms with Crippen LogP contribution in [0.1, 0.15) is 27.2 Å². The van der Waals surface area contributed by atoms with E-state index >= 15 is 0 Å². The first-order valence-corrected chi connectivity index (χ1v) is 6.73. The summed E-state index contributed by atoms with van der Waals surface area (Å²) in [7, 11) is 0. The quantitative estimate of drug-likeness (QED) is 0.766. The second-order valence-corrected chi connectivity index (χ2v) is 6.33. The highest BCUT2D eigenvalue weighted by Crippen LogP contribution is 2.17. The third kappa shape index (κ3) is 5.42. The average molecular weight is 230 g/mol. The molecule has 1 aliphatic heterocycles. The van der Waals surface area contributed by atoms with Crippen molar-refractivity contribution in [3.8, 4) is 0 Å². The third-order valence-corrected chi connectivity index (χ3v) is 3.47. The van der Waals surface area contributed by atoms with Gasteiger partial charge in [-0.2, -0.15) is 11.8 Å². The minimum absolute atomic E-state index is 0.0173. The highest BCUT2D eigenvalue weighted by Gasteiger charge is 2.20. The first kappa shape index (κ1) is 12.8. The van der Waals surface area contributed by atoms with Gasteiger partial charge in [0.25, 0.3) is 0 Å². The number of nitrogens with one attached hydrogen (secondary N) is 2. The lowest BCUT2D eigenvalue weighted by Crippen LogP contribution is -2.49. The van der Waals surface area contributed by atoms with Gasteiger partial charge >= 0.3 is 0 Å². The van der Waals surface area contributed by atoms with Crippen molar-refractivity contribution in [2.24, 2.45) is 5.41 Å². The van der Waals surface area contributed by atoms with Crippen LogP contribution in [0.15, 0.2) is 0 Å². The van der Waals surface area contributed by atoms with Gasteiger partial charge in [0.05, 0.1) is 6.04 Å². The van der Waals surface area contributed by atoms with Crippen LogP contribution in [-0.4, -0.2) is 36.5 Å². The molecule has 3 nitrogen and oxygen atoms in total. The lowest BCUT2D eigenvalue weighted by Gasteiger charge is -2.23. The van der Waals surface area contributed by atoms with E-state index < -0.39 is 0 Å². The van der Waals surface area contributed by atoms with Crippen molar-refractivity contribution in [3.63, 3.8) is 0 Å². The fourth-order valence-electron chi connectivity index (χ4n) is 1.42. The van der Waals surface area contributed by atoms with E-state index in [9.17, 15) is 4.79 Å². The zero-order valence-electron chi connectivity index (χ0n) is 9.93. The molecule has 2 N–H and O–H groups in total. The molecule has 15 heavy (non-hydrogen) atoms. The molecule has 0 aromatic rings. The van der Waals surface area contributed by atoms with Gasteiger partial charge in [0.1, 0.15) is 0 Å². The van der Waals surface area contributed by atoms with E-state index in [4.69, 9.17) is 0 Å². The molecule has 1 unspecified atom stereocenters. The van der Waals surface area contributed by atoms with Crippen LogP contribution in [0.25, 0.3) is 0 Å². The van der Waals surface area contributed by atoms with Crippen molar-refractivity contribution in [1.29, 1.82) is 0 Å². The van der Waals surface area contributed by atoms with E-state index in [0.29, 0.717) is 5.41 Å². The van der Waals surface area contributed by atoms with Crippen LogP contribution >= 0.6 is 11.8 Å². The van der Waals surface area contributed by atoms with Gasteiger partial charge in [0, 0.05) is 24.6 Å². The molecule has 0 aromatic heterocycles. The summed E-state index contributed by atoms with van der Waals surface area (Å²) < 4.78 is 0. The normalized spacial score (nSPS) is 22.5. The Labute approximate surface area is 96.8 Å². The molecule has 0 aliphatic carbocycles. The summed E-state index contributed by atoms with van der Waals surface area (Å²) in [6, 6.07) is 0.0173. The Morgan fingerprint density at radius 2 is 2.27 bits per heavy atom. The second kappa shape index (κ2) is 5.75. The number of amides is 1. The molecule has 0 saturated carbocycles. The topological polar surface area (TPSA) is 41.1 Å². The molecular formula is C11H22N2OS. The summed E-state index contributed by atoms with van der Waals surface area (Å²) in [5, 5.41) is 6.23. The molecular weight excluding hydrogens is 208 g/mol. The average Bonchev–Trinajstić information content (AvgIpc) is 2.17. The van der Waals surface area contributed by atoms with Crippen LogP contribution < -0.4 is 10.6 Å². The molecule has 1 atom stereocenters. The maximum absolute atomic E-state index is 11.7. The lowest BCUT2D eigenvalue weighted by atomic mass is 9.92. The molecule has 0 radical (unpaired) electrons. The standard InChI is InChI=1S/C11H22N2OS/c1-11(2,3)4-5-13-10(14)9-8-15-7-6-12-9/h9,12H,4-8H2,1-3H3,(H,13,14). The van der Waals surface area contributed by atoms with E-state index in [1.54, 1.807) is 0 Å². The van der Waals surface area contributed by atoms with Crippen molar-refractivity contribution in [2.75, 3.05) is 24.6 Å². The highest BCUT2D eigenvalue weighted by molar-refractivity contribution is 7.99. The zero-order chi connectivity index (χ0) is 11.3. The predicted octanol–water partition coefficient (Wildman–Crippen LogP) is 1.24. The maximum Gasteiger partial charge on any atom is 0.237 e. The SMILES string of the molecule is CC(C)(C)CCNC(=O)C1CSCCN1. The minimum atomic E-state index is 0.0173. The maximum atomic E-state index is 11.7. The molecule has 1 amide bonds. The molecule has 0 spiro atoms. The number of hydrogen-bond donors (Lipinski definition) is 2. The number of carbonyl (C=O) groups excluding carboxylic acids is 1. The Balaban J connectivity index is 2.17. The molecule has 0 bridgehead atoms. The van der Waals surface area contributed by atoms with Crippen LogP contribution in [-0.2, 0) is 4.79 Å². The van der Waals surface area contributed by atoms with E-state index in [-0.39, 0.29) is 11.9 Å². The van der Waals surface area contributed by atoms with Gasteiger partial charge < -0.3 is 10.6 Å². The Morgan fingerprint density at radius 3 is 2.80 bits per heavy atom. The summed E-state index contributed by atoms with van der Waals surface area (Å²) >= 11 is 1.85. The van der Waals surface area contributed by atoms with Gasteiger partial charge in [0.2, 0.25) is 5.91 Å². The Hall–Kier alpha value is -0.220. The summed E-state index contributed by atoms with van der Waals surface area (Å²) in [5.41, 5.74) is 0.294. The predicted molar refractivity (Wildman–Crippen MR) is 66.2 cm³/mol. The first-order valence-electron chi connectivity index (χ1n) is 5.58. The molecule has 4 heteroatoms. The van der Waals surface area contributed by atoms with Gasteiger partial charge in [-0.3, -0.25) is 4.79 Å². The van der Waals surface area contributed by atoms with E-state index in [1.807, 2.05) is 11.8 Å². The van der Waals surface area contributed by atoms with Gasteiger partial charge in [0.15, 0.2) is 0 Å². The van der Waals surface area contributed by atoms with Crippen LogP contribution in [0.5, 0.6) is 0 Å². The first-order chi connectivity index (χ1) is 6.99. The summed E-state index contributed by atoms with van der Waals surface area (Å²) in [6.07, 6.45) is 1.03. The smallest absolute Gasteiger partial charge is 0.237 e. The fraction of sp³-hybridized carbons (Fsp3) is 0.909. The van der Waals surface area contributed by atoms with Crippen LogP contribution in [0.2, 0.25) is 0 Å². The molecule has 1 heterocycles. The molecule has 1 rings (SSSR count). The number of rotatable bonds is 3. The number of hydrogen-bond acceptors (Lipinski definition) is 3. The molecule has 88 valence electrons. The van der Waals surface area contributed by atoms with Gasteiger partial charge in [-0.05, 0) is 11.8 Å². The van der Waals surface area contributed by atoms with Crippen LogP contribution in [0.3, 0.4) is 0 Å². The summed E-state index contributed by atoms with van der Waals surface area (Å²) in [6.45, 7) is 8.29. The fourth-order valence-corrected chi connectivity index (χ4v) is 2.35. The summed E-state index contributed by atoms with van der Waals surface area (Å²) in [4.78, 5) is 11.7. The monoisotopic (exact) mass is 230 g/mol. The van der Waals surface area contributed by atoms with E-state index in [1.165, 1.54) is 0 Å². The Kier molecular flexibility index (Phi) is 4.93. The zero-order valence-corrected chi connectivity index (χ0v) is 10.7. The van der Waals surface area contributed by atoms with Crippen LogP contribution in [0.4, 0.5) is 0 Å². The third-order valence-electron chi connectivity index (χ3n) is 2.41. The van der Waals surface area contributed by atoms with E-state index in [0.717, 1.165) is 31.0 Å². The minimum Gasteiger partial charge on any atom is -0.355 e. The molecule has 1 fully saturated rings. The Morgan fingerprint density at radius 1 is 1.53 bits per heavy atom. The summed E-state index contributed by atoms with van der Waals surface area (Å²) in [5.74, 6) is 2.18. The van der Waals surface area contributed by atoms with Crippen molar-refractivity contribution in [1.82, 2.24) is 10.6 Å².